The summed E-state index contributed by atoms with van der Waals surface area (Å²) < 4.78 is 0. The van der Waals surface area contributed by atoms with Crippen LogP contribution in [0, 0.1) is 0 Å². The van der Waals surface area contributed by atoms with Crippen LogP contribution in [0.4, 0.5) is 5.69 Å². The van der Waals surface area contributed by atoms with Crippen molar-refractivity contribution in [2.45, 2.75) is 50.6 Å². The van der Waals surface area contributed by atoms with Gasteiger partial charge in [0.1, 0.15) is 0 Å². The normalized spacial score (nSPS) is 24.1. The minimum absolute atomic E-state index is 0.0701. The maximum Gasteiger partial charge on any atom is 0.251 e. The van der Waals surface area contributed by atoms with Gasteiger partial charge in [-0.3, -0.25) is 14.5 Å². The number of likely N-dealkylation sites (N-methyl/N-ethyl adjacent to an activating group) is 1. The van der Waals surface area contributed by atoms with E-state index in [1.54, 1.807) is 0 Å². The first kappa shape index (κ1) is 14.3. The van der Waals surface area contributed by atoms with Crippen LogP contribution in [-0.4, -0.2) is 35.8 Å². The number of rotatable bonds is 3. The highest BCUT2D eigenvalue weighted by atomic mass is 16.2. The Balaban J connectivity index is 1.77. The lowest BCUT2D eigenvalue weighted by atomic mass is 9.93. The quantitative estimate of drug-likeness (QED) is 0.802. The van der Waals surface area contributed by atoms with Crippen molar-refractivity contribution < 1.29 is 9.59 Å². The van der Waals surface area contributed by atoms with Gasteiger partial charge < -0.3 is 0 Å². The van der Waals surface area contributed by atoms with E-state index in [9.17, 15) is 9.59 Å². The van der Waals surface area contributed by atoms with Crippen LogP contribution in [0.5, 0.6) is 0 Å². The molecule has 0 N–H and O–H groups in total. The van der Waals surface area contributed by atoms with Crippen LogP contribution >= 0.6 is 0 Å². The fourth-order valence-corrected chi connectivity index (χ4v) is 3.53. The van der Waals surface area contributed by atoms with Gasteiger partial charge in [0.2, 0.25) is 5.91 Å². The van der Waals surface area contributed by atoms with Crippen LogP contribution in [0.2, 0.25) is 0 Å². The molecule has 3 rings (SSSR count). The molecule has 4 nitrogen and oxygen atoms in total. The van der Waals surface area contributed by atoms with E-state index in [0.29, 0.717) is 18.2 Å². The Morgan fingerprint density at radius 2 is 1.71 bits per heavy atom. The van der Waals surface area contributed by atoms with Gasteiger partial charge in [0, 0.05) is 6.04 Å². The summed E-state index contributed by atoms with van der Waals surface area (Å²) in [6.07, 6.45) is 6.33. The van der Waals surface area contributed by atoms with Gasteiger partial charge in [-0.1, -0.05) is 37.5 Å². The van der Waals surface area contributed by atoms with Crippen molar-refractivity contribution >= 4 is 17.5 Å². The number of hydrogen-bond donors (Lipinski definition) is 0. The van der Waals surface area contributed by atoms with E-state index >= 15 is 0 Å². The molecular weight excluding hydrogens is 264 g/mol. The molecule has 0 spiro atoms. The fraction of sp³-hybridized carbons (Fsp3) is 0.529. The molecule has 112 valence electrons. The number of amides is 2. The number of carbonyl (C=O) groups is 2. The van der Waals surface area contributed by atoms with Crippen LogP contribution < -0.4 is 4.90 Å². The van der Waals surface area contributed by atoms with Crippen molar-refractivity contribution in [2.75, 3.05) is 11.9 Å². The summed E-state index contributed by atoms with van der Waals surface area (Å²) in [5.74, 6) is -0.155. The zero-order valence-corrected chi connectivity index (χ0v) is 12.5. The van der Waals surface area contributed by atoms with E-state index in [1.165, 1.54) is 24.2 Å². The standard InChI is InChI=1S/C17H22N2O2/c1-18(13-8-4-2-5-9-13)15-12-16(20)19(17(15)21)14-10-6-3-7-11-14/h3,6-7,10-11,13,15H,2,4-5,8-9,12H2,1H3. The Morgan fingerprint density at radius 3 is 2.38 bits per heavy atom. The topological polar surface area (TPSA) is 40.6 Å². The maximum atomic E-state index is 12.7. The zero-order valence-electron chi connectivity index (χ0n) is 12.5. The Morgan fingerprint density at radius 1 is 1.05 bits per heavy atom. The van der Waals surface area contributed by atoms with Gasteiger partial charge in [0.15, 0.2) is 0 Å². The molecule has 1 aliphatic heterocycles. The van der Waals surface area contributed by atoms with E-state index in [4.69, 9.17) is 0 Å². The molecule has 1 atom stereocenters. The molecule has 0 bridgehead atoms. The maximum absolute atomic E-state index is 12.7. The SMILES string of the molecule is CN(C1CCCCC1)C1CC(=O)N(c2ccccc2)C1=O. The monoisotopic (exact) mass is 286 g/mol. The lowest BCUT2D eigenvalue weighted by Gasteiger charge is -2.34. The first-order chi connectivity index (χ1) is 10.2. The van der Waals surface area contributed by atoms with E-state index in [-0.39, 0.29) is 17.9 Å². The van der Waals surface area contributed by atoms with E-state index in [2.05, 4.69) is 4.90 Å². The summed E-state index contributed by atoms with van der Waals surface area (Å²) in [6, 6.07) is 9.39. The van der Waals surface area contributed by atoms with Gasteiger partial charge in [0.25, 0.3) is 5.91 Å². The van der Waals surface area contributed by atoms with Gasteiger partial charge in [-0.15, -0.1) is 0 Å². The lowest BCUT2D eigenvalue weighted by Crippen LogP contribution is -2.45. The highest BCUT2D eigenvalue weighted by Gasteiger charge is 2.43. The molecule has 2 amide bonds. The summed E-state index contributed by atoms with van der Waals surface area (Å²) in [6.45, 7) is 0. The molecule has 4 heteroatoms. The third kappa shape index (κ3) is 2.72. The minimum Gasteiger partial charge on any atom is -0.292 e. The Hall–Kier alpha value is -1.68. The van der Waals surface area contributed by atoms with Crippen LogP contribution in [0.15, 0.2) is 30.3 Å². The predicted molar refractivity (Wildman–Crippen MR) is 82.0 cm³/mol. The molecule has 21 heavy (non-hydrogen) atoms. The number of hydrogen-bond acceptors (Lipinski definition) is 3. The molecule has 1 aromatic rings. The van der Waals surface area contributed by atoms with Crippen LogP contribution in [0.1, 0.15) is 38.5 Å². The molecule has 2 fully saturated rings. The Bertz CT molecular complexity index is 523. The van der Waals surface area contributed by atoms with E-state index in [1.807, 2.05) is 37.4 Å². The van der Waals surface area contributed by atoms with Gasteiger partial charge in [-0.2, -0.15) is 0 Å². The van der Waals surface area contributed by atoms with Gasteiger partial charge in [-0.05, 0) is 32.0 Å². The largest absolute Gasteiger partial charge is 0.292 e. The number of carbonyl (C=O) groups excluding carboxylic acids is 2. The number of benzene rings is 1. The second-order valence-corrected chi connectivity index (χ2v) is 6.08. The molecular formula is C17H22N2O2. The number of nitrogens with zero attached hydrogens (tertiary/aromatic N) is 2. The number of anilines is 1. The van der Waals surface area contributed by atoms with Gasteiger partial charge in [0.05, 0.1) is 18.2 Å². The van der Waals surface area contributed by atoms with Crippen molar-refractivity contribution in [1.82, 2.24) is 4.90 Å². The molecule has 1 aromatic carbocycles. The fourth-order valence-electron chi connectivity index (χ4n) is 3.53. The molecule has 1 heterocycles. The van der Waals surface area contributed by atoms with Crippen molar-refractivity contribution in [1.29, 1.82) is 0 Å². The second-order valence-electron chi connectivity index (χ2n) is 6.08. The van der Waals surface area contributed by atoms with E-state index < -0.39 is 0 Å². The molecule has 0 radical (unpaired) electrons. The number of para-hydroxylation sites is 1. The van der Waals surface area contributed by atoms with Gasteiger partial charge in [-0.25, -0.2) is 4.90 Å². The second kappa shape index (κ2) is 5.98. The first-order valence-corrected chi connectivity index (χ1v) is 7.82. The van der Waals surface area contributed by atoms with Crippen LogP contribution in [0.25, 0.3) is 0 Å². The minimum atomic E-state index is -0.291. The van der Waals surface area contributed by atoms with Crippen molar-refractivity contribution in [3.05, 3.63) is 30.3 Å². The molecule has 1 saturated heterocycles. The van der Waals surface area contributed by atoms with Crippen LogP contribution in [-0.2, 0) is 9.59 Å². The summed E-state index contributed by atoms with van der Waals surface area (Å²) >= 11 is 0. The summed E-state index contributed by atoms with van der Waals surface area (Å²) in [5.41, 5.74) is 0.687. The third-order valence-corrected chi connectivity index (χ3v) is 4.78. The molecule has 0 aromatic heterocycles. The highest BCUT2D eigenvalue weighted by molar-refractivity contribution is 6.22. The predicted octanol–water partition coefficient (Wildman–Crippen LogP) is 2.58. The third-order valence-electron chi connectivity index (χ3n) is 4.78. The molecule has 1 aliphatic carbocycles. The van der Waals surface area contributed by atoms with Crippen molar-refractivity contribution in [2.24, 2.45) is 0 Å². The van der Waals surface area contributed by atoms with E-state index in [0.717, 1.165) is 12.8 Å². The molecule has 2 aliphatic rings. The lowest BCUT2D eigenvalue weighted by molar-refractivity contribution is -0.123. The zero-order chi connectivity index (χ0) is 14.8. The summed E-state index contributed by atoms with van der Waals surface area (Å²) in [5, 5.41) is 0. The smallest absolute Gasteiger partial charge is 0.251 e. The summed E-state index contributed by atoms with van der Waals surface area (Å²) in [4.78, 5) is 28.4. The van der Waals surface area contributed by atoms with Crippen molar-refractivity contribution in [3.63, 3.8) is 0 Å². The van der Waals surface area contributed by atoms with Crippen molar-refractivity contribution in [3.8, 4) is 0 Å². The summed E-state index contributed by atoms with van der Waals surface area (Å²) in [7, 11) is 2.00. The average molecular weight is 286 g/mol. The van der Waals surface area contributed by atoms with Crippen LogP contribution in [0.3, 0.4) is 0 Å². The Labute approximate surface area is 125 Å². The number of imide groups is 1. The first-order valence-electron chi connectivity index (χ1n) is 7.82. The Kier molecular flexibility index (Phi) is 4.06. The van der Waals surface area contributed by atoms with Gasteiger partial charge >= 0.3 is 0 Å². The highest BCUT2D eigenvalue weighted by Crippen LogP contribution is 2.29. The molecule has 1 unspecified atom stereocenters. The average Bonchev–Trinajstić information content (AvgIpc) is 2.83. The molecule has 1 saturated carbocycles.